The zero-order chi connectivity index (χ0) is 16.2. The second kappa shape index (κ2) is 6.47. The van der Waals surface area contributed by atoms with Crippen LogP contribution in [0.3, 0.4) is 0 Å². The Kier molecular flexibility index (Phi) is 4.84. The normalized spacial score (nSPS) is 22.5. The van der Waals surface area contributed by atoms with E-state index in [9.17, 15) is 9.59 Å². The number of ether oxygens (including phenoxy) is 1. The van der Waals surface area contributed by atoms with E-state index in [-0.39, 0.29) is 23.8 Å². The quantitative estimate of drug-likeness (QED) is 0.594. The number of carbonyl (C=O) groups excluding carboxylic acids is 2. The summed E-state index contributed by atoms with van der Waals surface area (Å²) in [7, 11) is 0. The Morgan fingerprint density at radius 1 is 1.14 bits per heavy atom. The molecular formula is C19H24O3. The van der Waals surface area contributed by atoms with Crippen LogP contribution < -0.4 is 0 Å². The average molecular weight is 300 g/mol. The van der Waals surface area contributed by atoms with Crippen molar-refractivity contribution in [1.82, 2.24) is 0 Å². The molecule has 0 saturated carbocycles. The van der Waals surface area contributed by atoms with E-state index < -0.39 is 5.41 Å². The summed E-state index contributed by atoms with van der Waals surface area (Å²) in [6, 6.07) is 9.79. The first-order valence-electron chi connectivity index (χ1n) is 7.76. The molecule has 0 heterocycles. The number of aryl methyl sites for hydroxylation is 1. The van der Waals surface area contributed by atoms with E-state index >= 15 is 0 Å². The van der Waals surface area contributed by atoms with E-state index in [1.165, 1.54) is 0 Å². The minimum Gasteiger partial charge on any atom is -0.458 e. The number of ketones is 1. The molecule has 0 radical (unpaired) electrons. The van der Waals surface area contributed by atoms with Crippen molar-refractivity contribution in [2.24, 2.45) is 10.8 Å². The number of benzene rings is 1. The summed E-state index contributed by atoms with van der Waals surface area (Å²) in [5.41, 5.74) is 0.423. The summed E-state index contributed by atoms with van der Waals surface area (Å²) in [5.74, 6) is -0.319. The maximum atomic E-state index is 12.4. The van der Waals surface area contributed by atoms with Gasteiger partial charge in [0.25, 0.3) is 0 Å². The fourth-order valence-electron chi connectivity index (χ4n) is 2.78. The molecule has 0 aliphatic heterocycles. The Balaban J connectivity index is 1.80. The fraction of sp³-hybridized carbons (Fsp3) is 0.474. The van der Waals surface area contributed by atoms with E-state index in [0.29, 0.717) is 19.3 Å². The third kappa shape index (κ3) is 3.46. The van der Waals surface area contributed by atoms with Gasteiger partial charge in [-0.15, -0.1) is 0 Å². The highest BCUT2D eigenvalue weighted by atomic mass is 16.5. The third-order valence-electron chi connectivity index (χ3n) is 4.92. The van der Waals surface area contributed by atoms with Crippen LogP contribution in [0.1, 0.15) is 39.2 Å². The minimum atomic E-state index is -0.479. The Bertz CT molecular complexity index is 572. The van der Waals surface area contributed by atoms with Crippen molar-refractivity contribution < 1.29 is 14.3 Å². The van der Waals surface area contributed by atoms with Gasteiger partial charge in [-0.2, -0.15) is 0 Å². The smallest absolute Gasteiger partial charge is 0.306 e. The van der Waals surface area contributed by atoms with Crippen LogP contribution in [0.25, 0.3) is 0 Å². The third-order valence-corrected chi connectivity index (χ3v) is 4.92. The molecule has 118 valence electrons. The van der Waals surface area contributed by atoms with Gasteiger partial charge in [-0.25, -0.2) is 0 Å². The zero-order valence-electron chi connectivity index (χ0n) is 13.6. The molecule has 1 aliphatic carbocycles. The van der Waals surface area contributed by atoms with Crippen LogP contribution in [-0.4, -0.2) is 18.4 Å². The summed E-state index contributed by atoms with van der Waals surface area (Å²) in [6.07, 6.45) is 5.76. The van der Waals surface area contributed by atoms with Gasteiger partial charge in [0.1, 0.15) is 0 Å². The molecule has 1 aromatic rings. The van der Waals surface area contributed by atoms with Gasteiger partial charge in [0.15, 0.2) is 12.4 Å². The number of esters is 1. The molecule has 0 spiro atoms. The Labute approximate surface area is 132 Å². The molecule has 3 heteroatoms. The van der Waals surface area contributed by atoms with Crippen LogP contribution in [0.5, 0.6) is 0 Å². The van der Waals surface area contributed by atoms with Gasteiger partial charge in [-0.05, 0) is 23.8 Å². The maximum absolute atomic E-state index is 12.4. The summed E-state index contributed by atoms with van der Waals surface area (Å²) < 4.78 is 5.18. The van der Waals surface area contributed by atoms with E-state index in [4.69, 9.17) is 4.74 Å². The highest BCUT2D eigenvalue weighted by molar-refractivity contribution is 5.89. The van der Waals surface area contributed by atoms with E-state index in [0.717, 1.165) is 5.56 Å². The van der Waals surface area contributed by atoms with E-state index in [1.54, 1.807) is 0 Å². The number of Topliss-reactive ketones (excluding diaryl/α,β-unsaturated/α-hetero) is 1. The summed E-state index contributed by atoms with van der Waals surface area (Å²) in [4.78, 5) is 24.3. The Morgan fingerprint density at radius 2 is 1.82 bits per heavy atom. The van der Waals surface area contributed by atoms with Gasteiger partial charge in [0, 0.05) is 11.8 Å². The molecule has 0 bridgehead atoms. The molecule has 0 aromatic heterocycles. The van der Waals surface area contributed by atoms with E-state index in [2.05, 4.69) is 6.08 Å². The molecule has 3 nitrogen and oxygen atoms in total. The highest BCUT2D eigenvalue weighted by Crippen LogP contribution is 2.48. The second-order valence-electron chi connectivity index (χ2n) is 6.73. The second-order valence-corrected chi connectivity index (χ2v) is 6.73. The summed E-state index contributed by atoms with van der Waals surface area (Å²) in [5, 5.41) is 0. The lowest BCUT2D eigenvalue weighted by Crippen LogP contribution is -2.40. The first kappa shape index (κ1) is 16.5. The minimum absolute atomic E-state index is 0.00411. The van der Waals surface area contributed by atoms with Crippen LogP contribution in [0, 0.1) is 10.8 Å². The molecule has 1 aromatic carbocycles. The van der Waals surface area contributed by atoms with Crippen LogP contribution in [-0.2, 0) is 20.7 Å². The lowest BCUT2D eigenvalue weighted by Gasteiger charge is -2.36. The van der Waals surface area contributed by atoms with Crippen molar-refractivity contribution in [3.63, 3.8) is 0 Å². The Hall–Kier alpha value is -1.90. The predicted octanol–water partition coefficient (Wildman–Crippen LogP) is 3.72. The van der Waals surface area contributed by atoms with Gasteiger partial charge < -0.3 is 4.74 Å². The molecule has 1 aliphatic rings. The van der Waals surface area contributed by atoms with Crippen molar-refractivity contribution in [3.8, 4) is 0 Å². The zero-order valence-corrected chi connectivity index (χ0v) is 13.6. The predicted molar refractivity (Wildman–Crippen MR) is 86.4 cm³/mol. The first-order chi connectivity index (χ1) is 10.3. The lowest BCUT2D eigenvalue weighted by molar-refractivity contribution is -0.152. The van der Waals surface area contributed by atoms with Crippen LogP contribution >= 0.6 is 0 Å². The average Bonchev–Trinajstić information content (AvgIpc) is 2.78. The molecule has 1 atom stereocenters. The SMILES string of the molecule is CC1(C)C=CC[C@]1(C)C(=O)COC(=O)CCc1ccccc1. The van der Waals surface area contributed by atoms with Gasteiger partial charge in [0.05, 0.1) is 0 Å². The summed E-state index contributed by atoms with van der Waals surface area (Å²) in [6.45, 7) is 5.92. The first-order valence-corrected chi connectivity index (χ1v) is 7.76. The van der Waals surface area contributed by atoms with Crippen LogP contribution in [0.4, 0.5) is 0 Å². The van der Waals surface area contributed by atoms with Crippen LogP contribution in [0.2, 0.25) is 0 Å². The van der Waals surface area contributed by atoms with Crippen molar-refractivity contribution >= 4 is 11.8 Å². The number of allylic oxidation sites excluding steroid dienone is 2. The largest absolute Gasteiger partial charge is 0.458 e. The maximum Gasteiger partial charge on any atom is 0.306 e. The van der Waals surface area contributed by atoms with E-state index in [1.807, 2.05) is 57.2 Å². The van der Waals surface area contributed by atoms with Crippen molar-refractivity contribution in [2.45, 2.75) is 40.0 Å². The highest BCUT2D eigenvalue weighted by Gasteiger charge is 2.47. The molecule has 0 amide bonds. The Morgan fingerprint density at radius 3 is 2.41 bits per heavy atom. The molecule has 0 N–H and O–H groups in total. The molecule has 2 rings (SSSR count). The molecule has 0 saturated heterocycles. The molecule has 0 unspecified atom stereocenters. The van der Waals surface area contributed by atoms with Crippen LogP contribution in [0.15, 0.2) is 42.5 Å². The van der Waals surface area contributed by atoms with Gasteiger partial charge in [-0.1, -0.05) is 63.3 Å². The van der Waals surface area contributed by atoms with Gasteiger partial charge in [0.2, 0.25) is 0 Å². The monoisotopic (exact) mass is 300 g/mol. The standard InChI is InChI=1S/C19H24O3/c1-18(2)12-7-13-19(18,3)16(20)14-22-17(21)11-10-15-8-5-4-6-9-15/h4-9,12H,10-11,13-14H2,1-3H3/t19-/m1/s1. The number of hydrogen-bond acceptors (Lipinski definition) is 3. The topological polar surface area (TPSA) is 43.4 Å². The van der Waals surface area contributed by atoms with Gasteiger partial charge >= 0.3 is 5.97 Å². The lowest BCUT2D eigenvalue weighted by atomic mass is 9.66. The summed E-state index contributed by atoms with van der Waals surface area (Å²) >= 11 is 0. The molecular weight excluding hydrogens is 276 g/mol. The van der Waals surface area contributed by atoms with Crippen molar-refractivity contribution in [3.05, 3.63) is 48.0 Å². The van der Waals surface area contributed by atoms with Gasteiger partial charge in [-0.3, -0.25) is 9.59 Å². The van der Waals surface area contributed by atoms with Crippen molar-refractivity contribution in [2.75, 3.05) is 6.61 Å². The number of rotatable bonds is 6. The molecule has 22 heavy (non-hydrogen) atoms. The van der Waals surface area contributed by atoms with Crippen molar-refractivity contribution in [1.29, 1.82) is 0 Å². The number of hydrogen-bond donors (Lipinski definition) is 0. The number of carbonyl (C=O) groups is 2. The molecule has 0 fully saturated rings. The fourth-order valence-corrected chi connectivity index (χ4v) is 2.78.